The summed E-state index contributed by atoms with van der Waals surface area (Å²) in [5.41, 5.74) is 5.51. The predicted octanol–water partition coefficient (Wildman–Crippen LogP) is 10.4. The lowest BCUT2D eigenvalue weighted by molar-refractivity contribution is -0.138. The van der Waals surface area contributed by atoms with Gasteiger partial charge in [0.1, 0.15) is 29.4 Å². The summed E-state index contributed by atoms with van der Waals surface area (Å²) < 4.78 is 43.0. The summed E-state index contributed by atoms with van der Waals surface area (Å²) >= 11 is 0. The molecule has 6 heterocycles. The van der Waals surface area contributed by atoms with Crippen molar-refractivity contribution in [2.45, 2.75) is 160 Å². The average Bonchev–Trinajstić information content (AvgIpc) is 4.28. The molecule has 11 rings (SSSR count). The summed E-state index contributed by atoms with van der Waals surface area (Å²) in [6.45, 7) is 8.89. The number of likely N-dealkylation sites (tertiary alicyclic amines) is 2. The van der Waals surface area contributed by atoms with Crippen LogP contribution in [0.4, 0.5) is 29.7 Å². The molecule has 400 valence electrons. The van der Waals surface area contributed by atoms with Gasteiger partial charge in [0.05, 0.1) is 60.5 Å². The zero-order valence-electron chi connectivity index (χ0n) is 44.0. The van der Waals surface area contributed by atoms with Gasteiger partial charge in [0.2, 0.25) is 11.8 Å². The van der Waals surface area contributed by atoms with Crippen molar-refractivity contribution >= 4 is 57.4 Å². The molecule has 2 saturated carbocycles. The fraction of sp³-hybridized carbons (Fsp3) is 0.579. The van der Waals surface area contributed by atoms with Crippen LogP contribution >= 0.6 is 0 Å². The fourth-order valence-corrected chi connectivity index (χ4v) is 14.2. The number of halogens is 2. The van der Waals surface area contributed by atoms with Gasteiger partial charge in [0.15, 0.2) is 11.6 Å². The summed E-state index contributed by atoms with van der Waals surface area (Å²) in [6, 6.07) is 12.7. The fourth-order valence-electron chi connectivity index (χ4n) is 14.2. The molecule has 2 unspecified atom stereocenters. The first kappa shape index (κ1) is 50.7. The third kappa shape index (κ3) is 9.31. The number of aromatic nitrogens is 4. The minimum atomic E-state index is -0.759. The Labute approximate surface area is 437 Å². The van der Waals surface area contributed by atoms with Crippen molar-refractivity contribution in [3.05, 3.63) is 82.9 Å². The third-order valence-corrected chi connectivity index (χ3v) is 17.8. The van der Waals surface area contributed by atoms with Crippen LogP contribution in [0.3, 0.4) is 0 Å². The van der Waals surface area contributed by atoms with Gasteiger partial charge in [-0.3, -0.25) is 9.59 Å². The Morgan fingerprint density at radius 3 is 1.48 bits per heavy atom. The zero-order valence-corrected chi connectivity index (χ0v) is 44.0. The minimum absolute atomic E-state index is 0.0253. The number of benzene rings is 3. The van der Waals surface area contributed by atoms with Gasteiger partial charge >= 0.3 is 12.2 Å². The second kappa shape index (κ2) is 20.6. The number of anilines is 2. The van der Waals surface area contributed by atoms with Crippen molar-refractivity contribution < 1.29 is 37.4 Å². The zero-order chi connectivity index (χ0) is 52.4. The molecule has 4 N–H and O–H groups in total. The molecule has 4 aliphatic heterocycles. The summed E-state index contributed by atoms with van der Waals surface area (Å²) in [6.07, 6.45) is 10.3. The van der Waals surface area contributed by atoms with Crippen LogP contribution in [0.5, 0.6) is 0 Å². The Morgan fingerprint density at radius 1 is 0.600 bits per heavy atom. The SMILES string of the molecule is COC(=O)N[C@H](C(=O)N1C(c2nc3ccc([C@H]4CCC(c5ccc6nc([C@@H]7C[C@@H]8CCC[C@@H]8N7C(=O)[C@@H](NC(=O)OC)C(C)C)[nH]c6c5)N4c4cc(F)c(N5CCCCC5)c(F)c4)cc3[nH]2)C[C@@H]2CCC[C@@H]21)C(C)C. The van der Waals surface area contributed by atoms with Crippen molar-refractivity contribution in [1.82, 2.24) is 40.4 Å². The predicted molar refractivity (Wildman–Crippen MR) is 281 cm³/mol. The van der Waals surface area contributed by atoms with Crippen molar-refractivity contribution in [3.8, 4) is 0 Å². The third-order valence-electron chi connectivity index (χ3n) is 17.8. The molecular weight excluding hydrogens is 959 g/mol. The smallest absolute Gasteiger partial charge is 0.407 e. The Morgan fingerprint density at radius 2 is 1.05 bits per heavy atom. The van der Waals surface area contributed by atoms with Crippen molar-refractivity contribution in [3.63, 3.8) is 0 Å². The molecular formula is C57H72F2N10O6. The number of piperidine rings is 1. The van der Waals surface area contributed by atoms with Crippen LogP contribution in [0.1, 0.15) is 158 Å². The molecule has 0 radical (unpaired) electrons. The van der Waals surface area contributed by atoms with Crippen LogP contribution in [0.2, 0.25) is 0 Å². The van der Waals surface area contributed by atoms with Gasteiger partial charge in [-0.1, -0.05) is 52.7 Å². The number of amides is 4. The highest BCUT2D eigenvalue weighted by molar-refractivity contribution is 5.88. The highest BCUT2D eigenvalue weighted by atomic mass is 19.1. The van der Waals surface area contributed by atoms with E-state index in [2.05, 4.69) is 49.8 Å². The van der Waals surface area contributed by atoms with Gasteiger partial charge in [-0.15, -0.1) is 0 Å². The number of carbonyl (C=O) groups excluding carboxylic acids is 4. The maximum Gasteiger partial charge on any atom is 0.407 e. The van der Waals surface area contributed by atoms with E-state index in [4.69, 9.17) is 19.4 Å². The maximum atomic E-state index is 16.6. The number of aromatic amines is 2. The van der Waals surface area contributed by atoms with Crippen LogP contribution in [0.25, 0.3) is 22.1 Å². The van der Waals surface area contributed by atoms with E-state index >= 15 is 8.78 Å². The largest absolute Gasteiger partial charge is 0.453 e. The second-order valence-electron chi connectivity index (χ2n) is 22.8. The van der Waals surface area contributed by atoms with E-state index in [0.29, 0.717) is 55.1 Å². The molecule has 0 spiro atoms. The number of imidazole rings is 2. The van der Waals surface area contributed by atoms with Crippen LogP contribution < -0.4 is 20.4 Å². The molecule has 5 aromatic rings. The quantitative estimate of drug-likeness (QED) is 0.0939. The number of hydrogen-bond donors (Lipinski definition) is 4. The molecule has 10 atom stereocenters. The first-order valence-electron chi connectivity index (χ1n) is 27.6. The monoisotopic (exact) mass is 1030 g/mol. The number of nitrogens with one attached hydrogen (secondary N) is 4. The Kier molecular flexibility index (Phi) is 13.9. The number of fused-ring (bicyclic) bond motifs is 4. The van der Waals surface area contributed by atoms with E-state index in [1.165, 1.54) is 26.4 Å². The van der Waals surface area contributed by atoms with Gasteiger partial charge in [0, 0.05) is 30.9 Å². The van der Waals surface area contributed by atoms with Crippen molar-refractivity contribution in [1.29, 1.82) is 0 Å². The Hall–Kier alpha value is -6.46. The number of carbonyl (C=O) groups is 4. The molecule has 18 heteroatoms. The first-order chi connectivity index (χ1) is 36.2. The normalized spacial score (nSPS) is 26.4. The van der Waals surface area contributed by atoms with Gasteiger partial charge in [-0.2, -0.15) is 0 Å². The molecule has 4 amide bonds. The maximum absolute atomic E-state index is 16.6. The van der Waals surface area contributed by atoms with E-state index in [-0.39, 0.29) is 65.6 Å². The van der Waals surface area contributed by atoms with E-state index < -0.39 is 35.9 Å². The van der Waals surface area contributed by atoms with E-state index in [1.54, 1.807) is 0 Å². The topological polar surface area (TPSA) is 181 Å². The van der Waals surface area contributed by atoms with Crippen molar-refractivity contribution in [2.24, 2.45) is 23.7 Å². The van der Waals surface area contributed by atoms with Crippen LogP contribution in [-0.2, 0) is 19.1 Å². The molecule has 3 aromatic carbocycles. The van der Waals surface area contributed by atoms with E-state index in [9.17, 15) is 19.2 Å². The average molecular weight is 1030 g/mol. The molecule has 0 bridgehead atoms. The van der Waals surface area contributed by atoms with Gasteiger partial charge in [-0.05, 0) is 142 Å². The van der Waals surface area contributed by atoms with Crippen LogP contribution in [0.15, 0.2) is 48.5 Å². The lowest BCUT2D eigenvalue weighted by Crippen LogP contribution is -2.53. The number of ether oxygens (including phenoxy) is 2. The minimum Gasteiger partial charge on any atom is -0.453 e. The first-order valence-corrected chi connectivity index (χ1v) is 27.6. The molecule has 6 fully saturated rings. The highest BCUT2D eigenvalue weighted by Gasteiger charge is 2.51. The molecule has 6 aliphatic rings. The summed E-state index contributed by atoms with van der Waals surface area (Å²) in [7, 11) is 2.60. The molecule has 75 heavy (non-hydrogen) atoms. The number of hydrogen-bond acceptors (Lipinski definition) is 10. The summed E-state index contributed by atoms with van der Waals surface area (Å²) in [4.78, 5) is 79.3. The molecule has 16 nitrogen and oxygen atoms in total. The highest BCUT2D eigenvalue weighted by Crippen LogP contribution is 2.52. The van der Waals surface area contributed by atoms with Gasteiger partial charge in [0.25, 0.3) is 0 Å². The standard InChI is InChI=1S/C57H72F2N10O6/c1-30(2)49(64-56(72)74-5)54(70)68-43-14-10-12-32(43)26-47(68)52-60-39-18-16-34(24-41(39)62-52)45-20-21-46(67(45)36-28-37(58)51(38(59)29-36)66-22-8-7-9-23-66)35-17-19-40-42(25-35)63-53(61-40)48-27-33-13-11-15-44(33)69(48)55(71)50(31(3)4)65-57(73)75-6/h16-19,24-25,28-33,43-50H,7-15,20-23,26-27H2,1-6H3,(H,60,62)(H,61,63)(H,64,72)(H,65,73)/t32-,33-,43-,44-,45+,46?,47?,48-,49-,50-/m0/s1. The second-order valence-corrected chi connectivity index (χ2v) is 22.8. The Bertz CT molecular complexity index is 2790. The number of nitrogens with zero attached hydrogens (tertiary/aromatic N) is 6. The summed E-state index contributed by atoms with van der Waals surface area (Å²) in [5.74, 6) is 0.272. The lowest BCUT2D eigenvalue weighted by Gasteiger charge is -2.35. The van der Waals surface area contributed by atoms with Crippen LogP contribution in [-0.4, -0.2) is 105 Å². The van der Waals surface area contributed by atoms with Crippen molar-refractivity contribution in [2.75, 3.05) is 37.1 Å². The van der Waals surface area contributed by atoms with Gasteiger partial charge < -0.3 is 49.7 Å². The van der Waals surface area contributed by atoms with E-state index in [0.717, 1.165) is 104 Å². The van der Waals surface area contributed by atoms with E-state index in [1.807, 2.05) is 54.5 Å². The van der Waals surface area contributed by atoms with Crippen LogP contribution in [0, 0.1) is 35.3 Å². The number of H-pyrrole nitrogens is 2. The Balaban J connectivity index is 0.929. The number of rotatable bonds is 12. The number of methoxy groups -OCH3 is 2. The van der Waals surface area contributed by atoms with Gasteiger partial charge in [-0.25, -0.2) is 28.3 Å². The molecule has 4 saturated heterocycles. The molecule has 2 aliphatic carbocycles. The lowest BCUT2D eigenvalue weighted by atomic mass is 10.0. The molecule has 2 aromatic heterocycles. The summed E-state index contributed by atoms with van der Waals surface area (Å²) in [5, 5.41) is 5.59. The number of alkyl carbamates (subject to hydrolysis) is 2.